The number of fused-ring (bicyclic) bond motifs is 21. The second-order valence-electron chi connectivity index (χ2n) is 21.2. The topological polar surface area (TPSA) is 18.5 Å². The number of para-hydroxylation sites is 4. The highest BCUT2D eigenvalue weighted by atomic mass is 16.5. The Balaban J connectivity index is 0.836. The summed E-state index contributed by atoms with van der Waals surface area (Å²) in [5.41, 5.74) is 25.6. The molecule has 0 fully saturated rings. The first-order chi connectivity index (χ1) is 38.2. The van der Waals surface area contributed by atoms with Gasteiger partial charge < -0.3 is 9.47 Å². The summed E-state index contributed by atoms with van der Waals surface area (Å²) in [6.45, 7) is 0. The summed E-state index contributed by atoms with van der Waals surface area (Å²) in [5, 5.41) is 0. The normalized spacial score (nSPS) is 15.0. The van der Waals surface area contributed by atoms with Crippen LogP contribution in [-0.2, 0) is 16.2 Å². The summed E-state index contributed by atoms with van der Waals surface area (Å²) in [4.78, 5) is 0. The fourth-order valence-electron chi connectivity index (χ4n) is 15.1. The van der Waals surface area contributed by atoms with Crippen LogP contribution in [-0.4, -0.2) is 0 Å². The molecule has 358 valence electrons. The third-order valence-corrected chi connectivity index (χ3v) is 18.0. The average Bonchev–Trinajstić information content (AvgIpc) is 4.18. The lowest BCUT2D eigenvalue weighted by Gasteiger charge is -2.39. The van der Waals surface area contributed by atoms with Crippen molar-refractivity contribution < 1.29 is 9.47 Å². The summed E-state index contributed by atoms with van der Waals surface area (Å²) >= 11 is 0. The zero-order valence-corrected chi connectivity index (χ0v) is 41.9. The van der Waals surface area contributed by atoms with E-state index in [-0.39, 0.29) is 0 Å². The van der Waals surface area contributed by atoms with Gasteiger partial charge in [-0.05, 0) is 124 Å². The Morgan fingerprint density at radius 1 is 0.182 bits per heavy atom. The van der Waals surface area contributed by atoms with Crippen molar-refractivity contribution in [3.8, 4) is 78.6 Å². The van der Waals surface area contributed by atoms with Crippen molar-refractivity contribution in [3.05, 3.63) is 346 Å². The van der Waals surface area contributed by atoms with Crippen LogP contribution < -0.4 is 9.47 Å². The quantitative estimate of drug-likeness (QED) is 0.175. The van der Waals surface area contributed by atoms with Crippen molar-refractivity contribution in [2.75, 3.05) is 0 Å². The first-order valence-electron chi connectivity index (χ1n) is 26.8. The first kappa shape index (κ1) is 42.6. The molecule has 2 nitrogen and oxygen atoms in total. The molecule has 0 aromatic heterocycles. The van der Waals surface area contributed by atoms with Gasteiger partial charge in [0.25, 0.3) is 0 Å². The number of hydrogen-bond acceptors (Lipinski definition) is 2. The van der Waals surface area contributed by atoms with E-state index in [2.05, 4.69) is 279 Å². The van der Waals surface area contributed by atoms with E-state index in [1.165, 1.54) is 122 Å². The molecule has 0 unspecified atom stereocenters. The largest absolute Gasteiger partial charge is 0.457 e. The van der Waals surface area contributed by atoms with E-state index >= 15 is 0 Å². The van der Waals surface area contributed by atoms with Crippen molar-refractivity contribution in [2.24, 2.45) is 0 Å². The number of benzene rings is 12. The summed E-state index contributed by atoms with van der Waals surface area (Å²) in [6.07, 6.45) is 0. The Morgan fingerprint density at radius 2 is 0.442 bits per heavy atom. The molecule has 0 saturated carbocycles. The molecule has 0 amide bonds. The Morgan fingerprint density at radius 3 is 0.792 bits per heavy atom. The van der Waals surface area contributed by atoms with Gasteiger partial charge in [-0.15, -0.1) is 0 Å². The van der Waals surface area contributed by atoms with Gasteiger partial charge in [0.05, 0.1) is 16.2 Å². The van der Waals surface area contributed by atoms with Crippen LogP contribution in [0.15, 0.2) is 279 Å². The molecule has 0 bridgehead atoms. The van der Waals surface area contributed by atoms with Crippen LogP contribution in [0.5, 0.6) is 23.0 Å². The zero-order chi connectivity index (χ0) is 50.5. The molecule has 2 spiro atoms. The van der Waals surface area contributed by atoms with E-state index in [1.807, 2.05) is 0 Å². The Labute approximate surface area is 447 Å². The monoisotopic (exact) mass is 978 g/mol. The SMILES string of the molecule is c1ccc2c(c1)Oc1ccccc1C21c2ccccc2-c2c(-c3ccc(C4(c5ccc(-c6cccc7c6-c6ccccc6C76c7ccccc7Oc7ccccc76)cc5)c5ccccc5-c5ccccc54)cc3)cccc21. The van der Waals surface area contributed by atoms with Gasteiger partial charge in [0.2, 0.25) is 0 Å². The van der Waals surface area contributed by atoms with Crippen LogP contribution in [0.1, 0.15) is 66.8 Å². The van der Waals surface area contributed by atoms with Crippen LogP contribution >= 0.6 is 0 Å². The third kappa shape index (κ3) is 5.34. The van der Waals surface area contributed by atoms with Crippen molar-refractivity contribution >= 4 is 0 Å². The van der Waals surface area contributed by atoms with Gasteiger partial charge in [-0.2, -0.15) is 0 Å². The van der Waals surface area contributed by atoms with Crippen molar-refractivity contribution in [1.82, 2.24) is 0 Å². The second kappa shape index (κ2) is 15.6. The fraction of sp³-hybridized carbons (Fsp3) is 0.0400. The highest BCUT2D eigenvalue weighted by molar-refractivity contribution is 5.99. The highest BCUT2D eigenvalue weighted by Crippen LogP contribution is 2.66. The molecular weight excluding hydrogens is 933 g/mol. The van der Waals surface area contributed by atoms with Crippen molar-refractivity contribution in [2.45, 2.75) is 16.2 Å². The number of hydrogen-bond donors (Lipinski definition) is 0. The van der Waals surface area contributed by atoms with E-state index in [9.17, 15) is 0 Å². The minimum Gasteiger partial charge on any atom is -0.457 e. The minimum absolute atomic E-state index is 0.535. The van der Waals surface area contributed by atoms with Crippen LogP contribution in [0, 0.1) is 0 Å². The van der Waals surface area contributed by atoms with Gasteiger partial charge >= 0.3 is 0 Å². The predicted molar refractivity (Wildman–Crippen MR) is 309 cm³/mol. The Kier molecular flexibility index (Phi) is 8.65. The van der Waals surface area contributed by atoms with Crippen LogP contribution in [0.3, 0.4) is 0 Å². The fourth-order valence-corrected chi connectivity index (χ4v) is 15.1. The molecule has 2 aliphatic heterocycles. The molecular formula is C75H46O2. The van der Waals surface area contributed by atoms with Gasteiger partial charge in [0.1, 0.15) is 23.0 Å². The highest BCUT2D eigenvalue weighted by Gasteiger charge is 2.54. The minimum atomic E-state index is -0.583. The maximum absolute atomic E-state index is 6.67. The molecule has 17 rings (SSSR count). The average molecular weight is 979 g/mol. The van der Waals surface area contributed by atoms with Crippen LogP contribution in [0.25, 0.3) is 55.6 Å². The third-order valence-electron chi connectivity index (χ3n) is 18.0. The molecule has 2 heterocycles. The lowest BCUT2D eigenvalue weighted by Crippen LogP contribution is -2.32. The van der Waals surface area contributed by atoms with Crippen LogP contribution in [0.4, 0.5) is 0 Å². The Hall–Kier alpha value is -9.76. The van der Waals surface area contributed by atoms with Gasteiger partial charge in [-0.1, -0.05) is 255 Å². The van der Waals surface area contributed by atoms with E-state index in [4.69, 9.17) is 9.47 Å². The van der Waals surface area contributed by atoms with Gasteiger partial charge in [0, 0.05) is 22.3 Å². The standard InChI is InChI=1S/C75H46O2/c1-5-25-57-53(19-1)54-20-2-6-26-58(54)73(57,49-43-39-47(40-44-49)51-23-17-33-65-71(51)55-21-3-7-27-59(55)74(65)61-29-9-13-35-67(61)76-68-36-14-10-30-62(68)74)50-45-41-48(42-46-50)52-24-18-34-66-72(52)56-22-4-8-28-60(56)75(66)63-31-11-15-37-69(63)77-70-38-16-12-32-64(70)75/h1-46H. The molecule has 12 aromatic carbocycles. The summed E-state index contributed by atoms with van der Waals surface area (Å²) in [7, 11) is 0. The van der Waals surface area contributed by atoms with E-state index in [0.717, 1.165) is 23.0 Å². The molecule has 2 heteroatoms. The smallest absolute Gasteiger partial charge is 0.132 e. The van der Waals surface area contributed by atoms with Gasteiger partial charge in [0.15, 0.2) is 0 Å². The van der Waals surface area contributed by atoms with E-state index in [0.29, 0.717) is 0 Å². The van der Waals surface area contributed by atoms with Gasteiger partial charge in [-0.3, -0.25) is 0 Å². The molecule has 5 aliphatic rings. The van der Waals surface area contributed by atoms with E-state index < -0.39 is 16.2 Å². The summed E-state index contributed by atoms with van der Waals surface area (Å²) < 4.78 is 13.3. The lowest BCUT2D eigenvalue weighted by molar-refractivity contribution is 0.436. The van der Waals surface area contributed by atoms with Gasteiger partial charge in [-0.25, -0.2) is 0 Å². The number of rotatable bonds is 4. The van der Waals surface area contributed by atoms with Crippen molar-refractivity contribution in [1.29, 1.82) is 0 Å². The number of ether oxygens (including phenoxy) is 2. The predicted octanol–water partition coefficient (Wildman–Crippen LogP) is 18.3. The first-order valence-corrected chi connectivity index (χ1v) is 26.8. The maximum Gasteiger partial charge on any atom is 0.132 e. The molecule has 3 aliphatic carbocycles. The zero-order valence-electron chi connectivity index (χ0n) is 41.9. The molecule has 0 atom stereocenters. The molecule has 0 saturated heterocycles. The van der Waals surface area contributed by atoms with Crippen LogP contribution in [0.2, 0.25) is 0 Å². The second-order valence-corrected chi connectivity index (χ2v) is 21.2. The summed E-state index contributed by atoms with van der Waals surface area (Å²) in [6, 6.07) is 104. The van der Waals surface area contributed by atoms with E-state index in [1.54, 1.807) is 0 Å². The molecule has 0 N–H and O–H groups in total. The summed E-state index contributed by atoms with van der Waals surface area (Å²) in [5.74, 6) is 3.60. The molecule has 77 heavy (non-hydrogen) atoms. The molecule has 12 aromatic rings. The maximum atomic E-state index is 6.67. The molecule has 0 radical (unpaired) electrons. The Bertz CT molecular complexity index is 4080. The van der Waals surface area contributed by atoms with Crippen molar-refractivity contribution in [3.63, 3.8) is 0 Å². The lowest BCUT2D eigenvalue weighted by atomic mass is 9.66.